The summed E-state index contributed by atoms with van der Waals surface area (Å²) in [6.45, 7) is 3.15. The Morgan fingerprint density at radius 3 is 2.05 bits per heavy atom. The SMILES string of the molecule is CCCCCCOc1ccc(Oc2ccc(NC(=O)N3CC(c4ccc(F)cc4)C(c4ccc(F)cc4)=N3)cc2)cc1. The minimum absolute atomic E-state index is 0.254. The molecule has 0 spiro atoms. The molecular weight excluding hydrogens is 536 g/mol. The number of nitrogens with zero attached hydrogens (tertiary/aromatic N) is 2. The first-order chi connectivity index (χ1) is 20.5. The molecule has 4 aromatic carbocycles. The highest BCUT2D eigenvalue weighted by molar-refractivity contribution is 6.07. The molecule has 1 heterocycles. The van der Waals surface area contributed by atoms with Gasteiger partial charge in [0.05, 0.1) is 18.9 Å². The lowest BCUT2D eigenvalue weighted by atomic mass is 9.90. The minimum Gasteiger partial charge on any atom is -0.494 e. The monoisotopic (exact) mass is 569 g/mol. The van der Waals surface area contributed by atoms with Crippen LogP contribution in [0.15, 0.2) is 102 Å². The summed E-state index contributed by atoms with van der Waals surface area (Å²) in [6.07, 6.45) is 4.64. The second kappa shape index (κ2) is 13.8. The molecule has 0 aromatic heterocycles. The number of unbranched alkanes of at least 4 members (excludes halogenated alkanes) is 3. The third kappa shape index (κ3) is 7.51. The van der Waals surface area contributed by atoms with Gasteiger partial charge in [-0.2, -0.15) is 5.10 Å². The standard InChI is InChI=1S/C34H33F2N3O3/c1-2-3-4-5-22-41-29-18-20-31(21-19-29)42-30-16-14-28(15-17-30)37-34(40)39-23-32(24-6-10-26(35)11-7-24)33(38-39)25-8-12-27(36)13-9-25/h6-21,32H,2-5,22-23H2,1H3,(H,37,40). The highest BCUT2D eigenvalue weighted by atomic mass is 19.1. The van der Waals surface area contributed by atoms with Crippen molar-refractivity contribution in [2.45, 2.75) is 38.5 Å². The molecule has 6 nitrogen and oxygen atoms in total. The minimum atomic E-state index is -0.418. The normalized spacial score (nSPS) is 14.4. The van der Waals surface area contributed by atoms with Crippen molar-refractivity contribution in [1.29, 1.82) is 0 Å². The van der Waals surface area contributed by atoms with E-state index in [1.165, 1.54) is 48.5 Å². The van der Waals surface area contributed by atoms with E-state index >= 15 is 0 Å². The average Bonchev–Trinajstić information content (AvgIpc) is 3.45. The largest absolute Gasteiger partial charge is 0.494 e. The number of ether oxygens (including phenoxy) is 2. The molecule has 0 fully saturated rings. The topological polar surface area (TPSA) is 63.2 Å². The Labute approximate surface area is 244 Å². The number of carbonyl (C=O) groups excluding carboxylic acids is 1. The van der Waals surface area contributed by atoms with Crippen molar-refractivity contribution in [2.24, 2.45) is 5.10 Å². The van der Waals surface area contributed by atoms with Crippen LogP contribution in [0.4, 0.5) is 19.3 Å². The number of benzene rings is 4. The Morgan fingerprint density at radius 1 is 0.810 bits per heavy atom. The maximum atomic E-state index is 13.6. The lowest BCUT2D eigenvalue weighted by Gasteiger charge is -2.16. The van der Waals surface area contributed by atoms with Crippen LogP contribution in [0.1, 0.15) is 49.7 Å². The van der Waals surface area contributed by atoms with Crippen LogP contribution in [0.2, 0.25) is 0 Å². The predicted octanol–water partition coefficient (Wildman–Crippen LogP) is 8.75. The van der Waals surface area contributed by atoms with E-state index in [9.17, 15) is 13.6 Å². The number of urea groups is 1. The van der Waals surface area contributed by atoms with Gasteiger partial charge in [0.2, 0.25) is 0 Å². The molecule has 1 atom stereocenters. The van der Waals surface area contributed by atoms with Crippen molar-refractivity contribution in [1.82, 2.24) is 5.01 Å². The third-order valence-electron chi connectivity index (χ3n) is 6.99. The zero-order valence-corrected chi connectivity index (χ0v) is 23.4. The first-order valence-electron chi connectivity index (χ1n) is 14.2. The fourth-order valence-corrected chi connectivity index (χ4v) is 4.72. The summed E-state index contributed by atoms with van der Waals surface area (Å²) in [4.78, 5) is 13.2. The van der Waals surface area contributed by atoms with Crippen LogP contribution < -0.4 is 14.8 Å². The molecule has 1 aliphatic rings. The molecule has 42 heavy (non-hydrogen) atoms. The van der Waals surface area contributed by atoms with Gasteiger partial charge in [0, 0.05) is 11.6 Å². The Hall–Kier alpha value is -4.72. The first kappa shape index (κ1) is 28.8. The van der Waals surface area contributed by atoms with Crippen molar-refractivity contribution < 1.29 is 23.0 Å². The van der Waals surface area contributed by atoms with Gasteiger partial charge in [-0.15, -0.1) is 0 Å². The molecule has 0 saturated heterocycles. The molecule has 1 unspecified atom stereocenters. The molecule has 1 aliphatic heterocycles. The highest BCUT2D eigenvalue weighted by Crippen LogP contribution is 2.30. The van der Waals surface area contributed by atoms with Crippen LogP contribution in [0.5, 0.6) is 17.2 Å². The molecule has 4 aromatic rings. The van der Waals surface area contributed by atoms with Crippen molar-refractivity contribution in [2.75, 3.05) is 18.5 Å². The number of hydrazone groups is 1. The molecule has 2 amide bonds. The molecule has 0 bridgehead atoms. The van der Waals surface area contributed by atoms with E-state index < -0.39 is 6.03 Å². The fourth-order valence-electron chi connectivity index (χ4n) is 4.72. The molecule has 0 aliphatic carbocycles. The third-order valence-corrected chi connectivity index (χ3v) is 6.99. The number of nitrogens with one attached hydrogen (secondary N) is 1. The maximum Gasteiger partial charge on any atom is 0.342 e. The summed E-state index contributed by atoms with van der Waals surface area (Å²) < 4.78 is 38.8. The molecule has 8 heteroatoms. The predicted molar refractivity (Wildman–Crippen MR) is 160 cm³/mol. The van der Waals surface area contributed by atoms with E-state index in [0.29, 0.717) is 35.1 Å². The Kier molecular flexibility index (Phi) is 9.44. The fraction of sp³-hybridized carbons (Fsp3) is 0.235. The van der Waals surface area contributed by atoms with E-state index in [2.05, 4.69) is 17.3 Å². The van der Waals surface area contributed by atoms with E-state index in [-0.39, 0.29) is 24.1 Å². The number of rotatable bonds is 11. The lowest BCUT2D eigenvalue weighted by molar-refractivity contribution is 0.218. The molecule has 5 rings (SSSR count). The number of hydrogen-bond donors (Lipinski definition) is 1. The van der Waals surface area contributed by atoms with Crippen LogP contribution in [0.3, 0.4) is 0 Å². The average molecular weight is 570 g/mol. The number of carbonyl (C=O) groups is 1. The zero-order chi connectivity index (χ0) is 29.3. The Balaban J connectivity index is 1.20. The molecule has 0 radical (unpaired) electrons. The van der Waals surface area contributed by atoms with Crippen molar-refractivity contribution in [3.8, 4) is 17.2 Å². The van der Waals surface area contributed by atoms with Crippen molar-refractivity contribution in [3.63, 3.8) is 0 Å². The van der Waals surface area contributed by atoms with E-state index in [4.69, 9.17) is 9.47 Å². The molecular formula is C34H33F2N3O3. The van der Waals surface area contributed by atoms with Gasteiger partial charge in [0.1, 0.15) is 28.9 Å². The number of hydrogen-bond acceptors (Lipinski definition) is 4. The highest BCUT2D eigenvalue weighted by Gasteiger charge is 2.32. The quantitative estimate of drug-likeness (QED) is 0.184. The van der Waals surface area contributed by atoms with Crippen LogP contribution >= 0.6 is 0 Å². The first-order valence-corrected chi connectivity index (χ1v) is 14.2. The zero-order valence-electron chi connectivity index (χ0n) is 23.4. The van der Waals surface area contributed by atoms with E-state index in [1.54, 1.807) is 48.5 Å². The lowest BCUT2D eigenvalue weighted by Crippen LogP contribution is -2.30. The number of amides is 2. The Morgan fingerprint density at radius 2 is 1.40 bits per heavy atom. The van der Waals surface area contributed by atoms with E-state index in [1.807, 2.05) is 24.3 Å². The van der Waals surface area contributed by atoms with Gasteiger partial charge >= 0.3 is 6.03 Å². The number of halogens is 2. The summed E-state index contributed by atoms with van der Waals surface area (Å²) in [7, 11) is 0. The van der Waals surface area contributed by atoms with Crippen LogP contribution in [0, 0.1) is 11.6 Å². The summed E-state index contributed by atoms with van der Waals surface area (Å²) >= 11 is 0. The van der Waals surface area contributed by atoms with Gasteiger partial charge < -0.3 is 14.8 Å². The summed E-state index contributed by atoms with van der Waals surface area (Å²) in [5, 5.41) is 8.77. The van der Waals surface area contributed by atoms with Gasteiger partial charge in [0.15, 0.2) is 0 Å². The van der Waals surface area contributed by atoms with Crippen LogP contribution in [-0.2, 0) is 0 Å². The summed E-state index contributed by atoms with van der Waals surface area (Å²) in [5.74, 6) is 1.10. The van der Waals surface area contributed by atoms with Gasteiger partial charge in [-0.1, -0.05) is 50.5 Å². The summed E-state index contributed by atoms with van der Waals surface area (Å²) in [6, 6.07) is 26.2. The molecule has 0 saturated carbocycles. The van der Waals surface area contributed by atoms with Crippen LogP contribution in [0.25, 0.3) is 0 Å². The second-order valence-corrected chi connectivity index (χ2v) is 10.1. The Bertz CT molecular complexity index is 1490. The van der Waals surface area contributed by atoms with Crippen LogP contribution in [-0.4, -0.2) is 29.9 Å². The number of anilines is 1. The van der Waals surface area contributed by atoms with Crippen molar-refractivity contribution >= 4 is 17.4 Å². The van der Waals surface area contributed by atoms with Gasteiger partial charge in [0.25, 0.3) is 0 Å². The van der Waals surface area contributed by atoms with E-state index in [0.717, 1.165) is 17.7 Å². The molecule has 216 valence electrons. The van der Waals surface area contributed by atoms with Gasteiger partial charge in [-0.05, 0) is 90.3 Å². The van der Waals surface area contributed by atoms with Crippen molar-refractivity contribution in [3.05, 3.63) is 120 Å². The smallest absolute Gasteiger partial charge is 0.342 e. The van der Waals surface area contributed by atoms with Gasteiger partial charge in [-0.25, -0.2) is 18.6 Å². The maximum absolute atomic E-state index is 13.6. The summed E-state index contributed by atoms with van der Waals surface area (Å²) in [5.41, 5.74) is 2.67. The van der Waals surface area contributed by atoms with Gasteiger partial charge in [-0.3, -0.25) is 0 Å². The second-order valence-electron chi connectivity index (χ2n) is 10.1. The molecule has 1 N–H and O–H groups in total.